The number of esters is 1. The van der Waals surface area contributed by atoms with Gasteiger partial charge in [0.2, 0.25) is 0 Å². The first-order chi connectivity index (χ1) is 17.8. The second-order valence-corrected chi connectivity index (χ2v) is 9.73. The Balaban J connectivity index is 3.36. The highest BCUT2D eigenvalue weighted by molar-refractivity contribution is 5.75. The van der Waals surface area contributed by atoms with Gasteiger partial charge in [-0.2, -0.15) is 0 Å². The van der Waals surface area contributed by atoms with Gasteiger partial charge in [-0.15, -0.1) is 0 Å². The van der Waals surface area contributed by atoms with Gasteiger partial charge >= 0.3 is 24.2 Å². The number of aliphatic carboxylic acids is 1. The highest BCUT2D eigenvalue weighted by Crippen LogP contribution is 2.36. The van der Waals surface area contributed by atoms with Gasteiger partial charge in [0.15, 0.2) is 11.5 Å². The first-order valence-electron chi connectivity index (χ1n) is 12.8. The van der Waals surface area contributed by atoms with Crippen molar-refractivity contribution in [3.63, 3.8) is 0 Å². The molecular formula is C27H41NO10. The maximum atomic E-state index is 12.4. The average molecular weight is 540 g/mol. The molecule has 0 bridgehead atoms. The summed E-state index contributed by atoms with van der Waals surface area (Å²) in [6.45, 7) is 12.4. The highest BCUT2D eigenvalue weighted by Gasteiger charge is 2.33. The van der Waals surface area contributed by atoms with Gasteiger partial charge < -0.3 is 34.5 Å². The molecule has 11 heteroatoms. The summed E-state index contributed by atoms with van der Waals surface area (Å²) in [6.07, 6.45) is -1.55. The van der Waals surface area contributed by atoms with Crippen molar-refractivity contribution >= 4 is 24.2 Å². The number of carboxylic acid groups (broad SMARTS) is 1. The fourth-order valence-electron chi connectivity index (χ4n) is 3.38. The van der Waals surface area contributed by atoms with Crippen LogP contribution in [0.2, 0.25) is 0 Å². The summed E-state index contributed by atoms with van der Waals surface area (Å²) in [6, 6.07) is 2.82. The molecule has 0 aromatic heterocycles. The Labute approximate surface area is 223 Å². The Kier molecular flexibility index (Phi) is 13.6. The van der Waals surface area contributed by atoms with E-state index in [1.165, 1.54) is 18.2 Å². The van der Waals surface area contributed by atoms with E-state index >= 15 is 0 Å². The van der Waals surface area contributed by atoms with E-state index in [0.29, 0.717) is 18.4 Å². The third-order valence-electron chi connectivity index (χ3n) is 5.85. The predicted octanol–water partition coefficient (Wildman–Crippen LogP) is 5.04. The molecule has 3 N–H and O–H groups in total. The number of benzene rings is 1. The standard InChI is InChI=1S/C27H41NO10/c1-8-17(6)35-26(32)37-20-11-10-19(13-21(20)38-27(33)36-18(7)9-2)23(24(28)25(30)31)16(5)14-34-22(29)12-15(3)4/h10-11,13,15-18,23-24H,8-9,12,14,28H2,1-7H3,(H,30,31)/t16?,17?,18?,23?,24-/m0/s1. The lowest BCUT2D eigenvalue weighted by Crippen LogP contribution is -2.40. The Morgan fingerprint density at radius 1 is 0.868 bits per heavy atom. The molecule has 0 fully saturated rings. The lowest BCUT2D eigenvalue weighted by Gasteiger charge is -2.28. The summed E-state index contributed by atoms with van der Waals surface area (Å²) < 4.78 is 26.2. The molecule has 11 nitrogen and oxygen atoms in total. The molecule has 1 rings (SSSR count). The van der Waals surface area contributed by atoms with Gasteiger partial charge in [-0.05, 0) is 56.2 Å². The fourth-order valence-corrected chi connectivity index (χ4v) is 3.38. The summed E-state index contributed by atoms with van der Waals surface area (Å²) in [5.74, 6) is -3.29. The van der Waals surface area contributed by atoms with E-state index in [9.17, 15) is 24.3 Å². The van der Waals surface area contributed by atoms with Crippen LogP contribution in [0.15, 0.2) is 18.2 Å². The average Bonchev–Trinajstić information content (AvgIpc) is 2.83. The summed E-state index contributed by atoms with van der Waals surface area (Å²) in [5, 5.41) is 9.66. The number of hydrogen-bond donors (Lipinski definition) is 2. The zero-order valence-corrected chi connectivity index (χ0v) is 23.2. The van der Waals surface area contributed by atoms with Gasteiger partial charge in [0.05, 0.1) is 6.61 Å². The van der Waals surface area contributed by atoms with Crippen molar-refractivity contribution in [3.05, 3.63) is 23.8 Å². The molecule has 214 valence electrons. The van der Waals surface area contributed by atoms with Crippen LogP contribution in [-0.2, 0) is 23.8 Å². The Morgan fingerprint density at radius 3 is 1.87 bits per heavy atom. The molecule has 0 amide bonds. The van der Waals surface area contributed by atoms with E-state index in [0.717, 1.165) is 0 Å². The minimum atomic E-state index is -1.38. The van der Waals surface area contributed by atoms with Gasteiger partial charge in [0.25, 0.3) is 0 Å². The molecule has 0 radical (unpaired) electrons. The molecule has 0 aliphatic rings. The van der Waals surface area contributed by atoms with Crippen molar-refractivity contribution in [1.29, 1.82) is 0 Å². The zero-order chi connectivity index (χ0) is 29.0. The van der Waals surface area contributed by atoms with Crippen LogP contribution in [0, 0.1) is 11.8 Å². The SMILES string of the molecule is CCC(C)OC(=O)Oc1ccc(C(C(C)COC(=O)CC(C)C)[C@H](N)C(=O)O)cc1OC(=O)OC(C)CC. The molecule has 0 saturated heterocycles. The van der Waals surface area contributed by atoms with Crippen LogP contribution < -0.4 is 15.2 Å². The van der Waals surface area contributed by atoms with Gasteiger partial charge in [0, 0.05) is 12.3 Å². The summed E-state index contributed by atoms with van der Waals surface area (Å²) in [4.78, 5) is 48.5. The van der Waals surface area contributed by atoms with Crippen LogP contribution in [0.4, 0.5) is 9.59 Å². The maximum Gasteiger partial charge on any atom is 0.514 e. The van der Waals surface area contributed by atoms with Crippen LogP contribution in [0.25, 0.3) is 0 Å². The number of rotatable bonds is 14. The Morgan fingerprint density at radius 2 is 1.39 bits per heavy atom. The van der Waals surface area contributed by atoms with Gasteiger partial charge in [-0.25, -0.2) is 9.59 Å². The number of ether oxygens (including phenoxy) is 5. The zero-order valence-electron chi connectivity index (χ0n) is 23.2. The van der Waals surface area contributed by atoms with Crippen molar-refractivity contribution in [1.82, 2.24) is 0 Å². The van der Waals surface area contributed by atoms with Crippen molar-refractivity contribution < 1.29 is 48.0 Å². The largest absolute Gasteiger partial charge is 0.514 e. The normalized spacial score (nSPS) is 15.0. The van der Waals surface area contributed by atoms with Crippen molar-refractivity contribution in [2.24, 2.45) is 17.6 Å². The van der Waals surface area contributed by atoms with Gasteiger partial charge in [0.1, 0.15) is 18.2 Å². The monoisotopic (exact) mass is 539 g/mol. The quantitative estimate of drug-likeness (QED) is 0.185. The molecule has 5 atom stereocenters. The highest BCUT2D eigenvalue weighted by atomic mass is 16.7. The van der Waals surface area contributed by atoms with Crippen LogP contribution in [0.3, 0.4) is 0 Å². The van der Waals surface area contributed by atoms with Crippen LogP contribution in [0.5, 0.6) is 11.5 Å². The van der Waals surface area contributed by atoms with Gasteiger partial charge in [-0.3, -0.25) is 9.59 Å². The van der Waals surface area contributed by atoms with Gasteiger partial charge in [-0.1, -0.05) is 40.7 Å². The third kappa shape index (κ3) is 11.0. The molecule has 0 aliphatic heterocycles. The minimum absolute atomic E-state index is 0.0804. The Bertz CT molecular complexity index is 948. The van der Waals surface area contributed by atoms with Crippen LogP contribution in [0.1, 0.15) is 79.2 Å². The van der Waals surface area contributed by atoms with Crippen molar-refractivity contribution in [2.75, 3.05) is 6.61 Å². The van der Waals surface area contributed by atoms with E-state index in [1.807, 2.05) is 27.7 Å². The summed E-state index contributed by atoms with van der Waals surface area (Å²) >= 11 is 0. The van der Waals surface area contributed by atoms with E-state index in [1.54, 1.807) is 20.8 Å². The number of carbonyl (C=O) groups is 4. The molecule has 4 unspecified atom stereocenters. The molecule has 0 aliphatic carbocycles. The van der Waals surface area contributed by atoms with Crippen molar-refractivity contribution in [2.45, 2.75) is 91.9 Å². The number of carbonyl (C=O) groups excluding carboxylic acids is 3. The molecule has 0 heterocycles. The van der Waals surface area contributed by atoms with Crippen LogP contribution >= 0.6 is 0 Å². The molecule has 0 saturated carbocycles. The topological polar surface area (TPSA) is 161 Å². The van der Waals surface area contributed by atoms with E-state index in [4.69, 9.17) is 29.4 Å². The lowest BCUT2D eigenvalue weighted by atomic mass is 9.82. The fraction of sp³-hybridized carbons (Fsp3) is 0.630. The second-order valence-electron chi connectivity index (χ2n) is 9.73. The molecule has 1 aromatic carbocycles. The molecular weight excluding hydrogens is 498 g/mol. The first kappa shape index (κ1) is 32.7. The first-order valence-corrected chi connectivity index (χ1v) is 12.8. The molecule has 1 aromatic rings. The molecule has 0 spiro atoms. The van der Waals surface area contributed by atoms with E-state index in [-0.39, 0.29) is 30.4 Å². The molecule has 38 heavy (non-hydrogen) atoms. The van der Waals surface area contributed by atoms with Crippen LogP contribution in [-0.4, -0.2) is 54.2 Å². The summed E-state index contributed by atoms with van der Waals surface area (Å²) in [5.41, 5.74) is 6.39. The summed E-state index contributed by atoms with van der Waals surface area (Å²) in [7, 11) is 0. The smallest absolute Gasteiger partial charge is 0.480 e. The van der Waals surface area contributed by atoms with E-state index < -0.39 is 54.3 Å². The van der Waals surface area contributed by atoms with Crippen molar-refractivity contribution in [3.8, 4) is 11.5 Å². The van der Waals surface area contributed by atoms with E-state index in [2.05, 4.69) is 0 Å². The number of hydrogen-bond acceptors (Lipinski definition) is 10. The maximum absolute atomic E-state index is 12.4. The Hall–Kier alpha value is -3.34. The second kappa shape index (κ2) is 15.8. The predicted molar refractivity (Wildman–Crippen MR) is 138 cm³/mol. The number of nitrogens with two attached hydrogens (primary N) is 1. The minimum Gasteiger partial charge on any atom is -0.480 e. The third-order valence-corrected chi connectivity index (χ3v) is 5.85. The lowest BCUT2D eigenvalue weighted by molar-refractivity contribution is -0.146. The number of carboxylic acids is 1.